The molecule has 1 aromatic rings. The Hall–Kier alpha value is -1.15. The van der Waals surface area contributed by atoms with E-state index in [1.807, 2.05) is 12.1 Å². The van der Waals surface area contributed by atoms with Crippen LogP contribution in [0.5, 0.6) is 5.75 Å². The number of aryl methyl sites for hydroxylation is 1. The van der Waals surface area contributed by atoms with Crippen molar-refractivity contribution in [2.45, 2.75) is 57.5 Å². The van der Waals surface area contributed by atoms with Gasteiger partial charge in [0.1, 0.15) is 5.75 Å². The van der Waals surface area contributed by atoms with Crippen LogP contribution in [-0.4, -0.2) is 33.8 Å². The molecule has 3 aliphatic carbocycles. The fraction of sp³-hybridized carbons (Fsp3) is 0.667. The zero-order valence-corrected chi connectivity index (χ0v) is 15.1. The fourth-order valence-electron chi connectivity index (χ4n) is 5.54. The lowest BCUT2D eigenvalue weighted by Gasteiger charge is -2.50. The molecule has 4 N–H and O–H groups in total. The molecule has 3 aliphatic rings. The highest BCUT2D eigenvalue weighted by Crippen LogP contribution is 2.60. The molecule has 0 heterocycles. The molecule has 0 unspecified atom stereocenters. The van der Waals surface area contributed by atoms with E-state index in [0.717, 1.165) is 25.2 Å². The minimum absolute atomic E-state index is 0.0883. The molecule has 5 atom stereocenters. The van der Waals surface area contributed by atoms with Crippen LogP contribution in [0.2, 0.25) is 0 Å². The molecule has 0 aliphatic heterocycles. The molecule has 0 saturated heterocycles. The van der Waals surface area contributed by atoms with Crippen molar-refractivity contribution in [2.75, 3.05) is 0 Å². The van der Waals surface area contributed by atoms with E-state index in [1.165, 1.54) is 30.4 Å². The second-order valence-corrected chi connectivity index (χ2v) is 8.78. The first-order chi connectivity index (χ1) is 11.6. The van der Waals surface area contributed by atoms with Gasteiger partial charge in [0.05, 0.1) is 6.10 Å². The third-order valence-corrected chi connectivity index (χ3v) is 6.66. The van der Waals surface area contributed by atoms with E-state index < -0.39 is 10.4 Å². The van der Waals surface area contributed by atoms with Gasteiger partial charge in [-0.25, -0.2) is 0 Å². The highest BCUT2D eigenvalue weighted by molar-refractivity contribution is 7.79. The van der Waals surface area contributed by atoms with Crippen molar-refractivity contribution in [3.05, 3.63) is 29.3 Å². The quantitative estimate of drug-likeness (QED) is 0.522. The normalized spacial score (nSPS) is 36.5. The summed E-state index contributed by atoms with van der Waals surface area (Å²) in [6.07, 6.45) is 6.78. The molecule has 1 aromatic carbocycles. The summed E-state index contributed by atoms with van der Waals surface area (Å²) in [5.41, 5.74) is 2.99. The van der Waals surface area contributed by atoms with E-state index in [9.17, 15) is 10.2 Å². The van der Waals surface area contributed by atoms with E-state index in [1.54, 1.807) is 0 Å². The SMILES string of the molecule is C[C@]12CC[C@@H]3c4ccc(O)cc4CC[C@H]3[C@@H]1CC[C@@H]2O.O=S(=O)(O)O. The van der Waals surface area contributed by atoms with E-state index in [0.29, 0.717) is 17.6 Å². The second kappa shape index (κ2) is 6.54. The lowest BCUT2D eigenvalue weighted by Crippen LogP contribution is -2.43. The zero-order valence-electron chi connectivity index (χ0n) is 14.3. The average molecular weight is 370 g/mol. The molecule has 6 nitrogen and oxygen atoms in total. The van der Waals surface area contributed by atoms with Crippen molar-refractivity contribution < 1.29 is 27.7 Å². The minimum Gasteiger partial charge on any atom is -0.508 e. The van der Waals surface area contributed by atoms with Crippen molar-refractivity contribution in [3.8, 4) is 5.75 Å². The van der Waals surface area contributed by atoms with Crippen LogP contribution in [0.4, 0.5) is 0 Å². The van der Waals surface area contributed by atoms with Gasteiger partial charge in [0.25, 0.3) is 0 Å². The Kier molecular flexibility index (Phi) is 4.87. The van der Waals surface area contributed by atoms with Gasteiger partial charge in [0.2, 0.25) is 0 Å². The zero-order chi connectivity index (χ0) is 18.4. The first-order valence-corrected chi connectivity index (χ1v) is 10.2. The summed E-state index contributed by atoms with van der Waals surface area (Å²) >= 11 is 0. The average Bonchev–Trinajstić information content (AvgIpc) is 2.81. The number of fused-ring (bicyclic) bond motifs is 5. The maximum atomic E-state index is 10.4. The number of phenolic OH excluding ortho intramolecular Hbond substituents is 1. The Morgan fingerprint density at radius 3 is 2.48 bits per heavy atom. The number of aromatic hydroxyl groups is 1. The van der Waals surface area contributed by atoms with Crippen LogP contribution in [0.3, 0.4) is 0 Å². The molecule has 4 rings (SSSR count). The predicted molar refractivity (Wildman–Crippen MR) is 92.9 cm³/mol. The van der Waals surface area contributed by atoms with Crippen molar-refractivity contribution in [2.24, 2.45) is 17.3 Å². The van der Waals surface area contributed by atoms with Crippen molar-refractivity contribution in [3.63, 3.8) is 0 Å². The minimum atomic E-state index is -4.67. The fourth-order valence-corrected chi connectivity index (χ4v) is 5.54. The summed E-state index contributed by atoms with van der Waals surface area (Å²) in [6, 6.07) is 5.96. The molecule has 0 radical (unpaired) electrons. The number of hydrogen-bond acceptors (Lipinski definition) is 4. The number of aliphatic hydroxyl groups excluding tert-OH is 1. The van der Waals surface area contributed by atoms with Gasteiger partial charge in [0.15, 0.2) is 0 Å². The lowest BCUT2D eigenvalue weighted by molar-refractivity contribution is -0.0226. The molecular formula is C18H26O6S. The van der Waals surface area contributed by atoms with Gasteiger partial charge in [-0.2, -0.15) is 8.42 Å². The number of benzene rings is 1. The van der Waals surface area contributed by atoms with Gasteiger partial charge in [-0.1, -0.05) is 13.0 Å². The first kappa shape index (κ1) is 18.6. The largest absolute Gasteiger partial charge is 0.508 e. The molecule has 2 saturated carbocycles. The van der Waals surface area contributed by atoms with Gasteiger partial charge in [0, 0.05) is 0 Å². The van der Waals surface area contributed by atoms with E-state index in [4.69, 9.17) is 17.5 Å². The maximum Gasteiger partial charge on any atom is 0.394 e. The van der Waals surface area contributed by atoms with Gasteiger partial charge in [-0.3, -0.25) is 9.11 Å². The standard InChI is InChI=1S/C18H24O2.H2O4S/c1-18-9-8-14-13-5-3-12(19)10-11(13)2-4-15(14)16(18)6-7-17(18)20;1-5(2,3)4/h3,5,10,14-17,19-20H,2,4,6-9H2,1H3;(H2,1,2,3,4)/t14-,15-,16+,17+,18+;/m1./s1. The summed E-state index contributed by atoms with van der Waals surface area (Å²) in [5, 5.41) is 20.0. The molecule has 140 valence electrons. The third kappa shape index (κ3) is 3.69. The van der Waals surface area contributed by atoms with E-state index >= 15 is 0 Å². The van der Waals surface area contributed by atoms with E-state index in [2.05, 4.69) is 13.0 Å². The van der Waals surface area contributed by atoms with Crippen LogP contribution < -0.4 is 0 Å². The summed E-state index contributed by atoms with van der Waals surface area (Å²) in [5.74, 6) is 2.49. The summed E-state index contributed by atoms with van der Waals surface area (Å²) in [4.78, 5) is 0. The number of phenols is 1. The van der Waals surface area contributed by atoms with Crippen LogP contribution in [-0.2, 0) is 16.8 Å². The monoisotopic (exact) mass is 370 g/mol. The van der Waals surface area contributed by atoms with Gasteiger partial charge in [-0.15, -0.1) is 0 Å². The summed E-state index contributed by atoms with van der Waals surface area (Å²) < 4.78 is 31.6. The highest BCUT2D eigenvalue weighted by atomic mass is 32.3. The van der Waals surface area contributed by atoms with E-state index in [-0.39, 0.29) is 11.5 Å². The maximum absolute atomic E-state index is 10.4. The van der Waals surface area contributed by atoms with Crippen LogP contribution in [0.1, 0.15) is 56.1 Å². The molecule has 0 aromatic heterocycles. The lowest BCUT2D eigenvalue weighted by atomic mass is 9.55. The Bertz CT molecular complexity index is 738. The van der Waals surface area contributed by atoms with Crippen molar-refractivity contribution in [1.82, 2.24) is 0 Å². The van der Waals surface area contributed by atoms with Gasteiger partial charge >= 0.3 is 10.4 Å². The Morgan fingerprint density at radius 1 is 1.12 bits per heavy atom. The van der Waals surface area contributed by atoms with Crippen molar-refractivity contribution >= 4 is 10.4 Å². The summed E-state index contributed by atoms with van der Waals surface area (Å²) in [6.45, 7) is 2.32. The molecule has 25 heavy (non-hydrogen) atoms. The molecule has 0 spiro atoms. The number of rotatable bonds is 0. The van der Waals surface area contributed by atoms with Gasteiger partial charge < -0.3 is 10.2 Å². The van der Waals surface area contributed by atoms with Crippen LogP contribution in [0.25, 0.3) is 0 Å². The third-order valence-electron chi connectivity index (χ3n) is 6.66. The molecule has 2 fully saturated rings. The smallest absolute Gasteiger partial charge is 0.394 e. The van der Waals surface area contributed by atoms with Crippen LogP contribution in [0.15, 0.2) is 18.2 Å². The molecule has 0 amide bonds. The Balaban J connectivity index is 0.000000324. The first-order valence-electron chi connectivity index (χ1n) is 8.79. The molecule has 7 heteroatoms. The topological polar surface area (TPSA) is 115 Å². The molecule has 0 bridgehead atoms. The highest BCUT2D eigenvalue weighted by Gasteiger charge is 2.54. The van der Waals surface area contributed by atoms with Gasteiger partial charge in [-0.05, 0) is 85.0 Å². The second-order valence-electron chi connectivity index (χ2n) is 7.88. The number of aliphatic hydroxyl groups is 1. The Morgan fingerprint density at radius 2 is 1.80 bits per heavy atom. The summed E-state index contributed by atoms with van der Waals surface area (Å²) in [7, 11) is -4.67. The van der Waals surface area contributed by atoms with Crippen LogP contribution >= 0.6 is 0 Å². The number of hydrogen-bond donors (Lipinski definition) is 4. The van der Waals surface area contributed by atoms with Crippen molar-refractivity contribution in [1.29, 1.82) is 0 Å². The van der Waals surface area contributed by atoms with Crippen LogP contribution in [0, 0.1) is 17.3 Å². The molecular weight excluding hydrogens is 344 g/mol. The Labute approximate surface area is 148 Å². The predicted octanol–water partition coefficient (Wildman–Crippen LogP) is 2.96.